The average Bonchev–Trinajstić information content (AvgIpc) is 2.37. The van der Waals surface area contributed by atoms with E-state index < -0.39 is 0 Å². The summed E-state index contributed by atoms with van der Waals surface area (Å²) in [6.07, 6.45) is 1.74. The zero-order chi connectivity index (χ0) is 13.0. The van der Waals surface area contributed by atoms with Crippen LogP contribution in [0.3, 0.4) is 0 Å². The third-order valence-corrected chi connectivity index (χ3v) is 3.91. The van der Waals surface area contributed by atoms with E-state index in [0.717, 1.165) is 21.9 Å². The van der Waals surface area contributed by atoms with Gasteiger partial charge >= 0.3 is 0 Å². The molecule has 0 saturated carbocycles. The summed E-state index contributed by atoms with van der Waals surface area (Å²) in [5.74, 6) is 0.925. The summed E-state index contributed by atoms with van der Waals surface area (Å²) in [6, 6.07) is 10.5. The van der Waals surface area contributed by atoms with Crippen LogP contribution in [0.4, 0.5) is 0 Å². The van der Waals surface area contributed by atoms with Crippen molar-refractivity contribution in [3.05, 3.63) is 58.8 Å². The van der Waals surface area contributed by atoms with Crippen molar-refractivity contribution in [3.63, 3.8) is 0 Å². The van der Waals surface area contributed by atoms with Crippen molar-refractivity contribution < 1.29 is 5.11 Å². The Balaban J connectivity index is 2.06. The molecule has 0 unspecified atom stereocenters. The number of aliphatic hydroxyl groups is 1. The number of pyridine rings is 1. The van der Waals surface area contributed by atoms with Crippen LogP contribution in [0, 0.1) is 13.8 Å². The number of benzene rings is 1. The number of thioether (sulfide) groups is 1. The highest BCUT2D eigenvalue weighted by molar-refractivity contribution is 7.98. The van der Waals surface area contributed by atoms with Gasteiger partial charge in [0.05, 0.1) is 11.6 Å². The lowest BCUT2D eigenvalue weighted by molar-refractivity contribution is 0.281. The van der Waals surface area contributed by atoms with E-state index in [4.69, 9.17) is 5.11 Å². The second-order valence-corrected chi connectivity index (χ2v) is 5.37. The van der Waals surface area contributed by atoms with Gasteiger partial charge in [0.1, 0.15) is 0 Å². The van der Waals surface area contributed by atoms with Crippen molar-refractivity contribution in [3.8, 4) is 0 Å². The minimum Gasteiger partial charge on any atom is -0.392 e. The third kappa shape index (κ3) is 3.34. The van der Waals surface area contributed by atoms with Gasteiger partial charge in [-0.3, -0.25) is 0 Å². The minimum absolute atomic E-state index is 0.0522. The third-order valence-electron chi connectivity index (χ3n) is 2.73. The first-order chi connectivity index (χ1) is 8.69. The van der Waals surface area contributed by atoms with Crippen molar-refractivity contribution >= 4 is 11.8 Å². The molecule has 1 aromatic heterocycles. The molecule has 0 amide bonds. The summed E-state index contributed by atoms with van der Waals surface area (Å²) in [6.45, 7) is 4.19. The molecular weight excluding hydrogens is 242 g/mol. The molecule has 1 aromatic carbocycles. The maximum Gasteiger partial charge on any atom is 0.0992 e. The normalized spacial score (nSPS) is 10.6. The SMILES string of the molecule is Cc1cccc(CSc2ncc(CO)cc2C)c1. The average molecular weight is 259 g/mol. The van der Waals surface area contributed by atoms with Crippen LogP contribution in [0.15, 0.2) is 41.6 Å². The molecule has 2 aromatic rings. The lowest BCUT2D eigenvalue weighted by Gasteiger charge is -2.06. The Bertz CT molecular complexity index is 540. The van der Waals surface area contributed by atoms with Crippen molar-refractivity contribution in [2.24, 2.45) is 0 Å². The Kier molecular flexibility index (Phi) is 4.39. The van der Waals surface area contributed by atoms with Gasteiger partial charge < -0.3 is 5.11 Å². The number of aromatic nitrogens is 1. The monoisotopic (exact) mass is 259 g/mol. The summed E-state index contributed by atoms with van der Waals surface area (Å²) in [5, 5.41) is 10.1. The standard InChI is InChI=1S/C15H17NOS/c1-11-4-3-5-13(6-11)10-18-15-12(2)7-14(9-17)8-16-15/h3-8,17H,9-10H2,1-2H3. The van der Waals surface area contributed by atoms with Gasteiger partial charge in [0.25, 0.3) is 0 Å². The molecule has 0 aliphatic heterocycles. The van der Waals surface area contributed by atoms with E-state index in [0.29, 0.717) is 0 Å². The van der Waals surface area contributed by atoms with Crippen molar-refractivity contribution in [1.82, 2.24) is 4.98 Å². The molecule has 2 nitrogen and oxygen atoms in total. The second-order valence-electron chi connectivity index (χ2n) is 4.40. The van der Waals surface area contributed by atoms with Gasteiger partial charge in [0, 0.05) is 11.9 Å². The first-order valence-electron chi connectivity index (χ1n) is 5.94. The largest absolute Gasteiger partial charge is 0.392 e. The molecule has 0 aliphatic carbocycles. The topological polar surface area (TPSA) is 33.1 Å². The van der Waals surface area contributed by atoms with Gasteiger partial charge in [0.2, 0.25) is 0 Å². The molecule has 1 heterocycles. The van der Waals surface area contributed by atoms with Gasteiger partial charge in [-0.1, -0.05) is 29.8 Å². The lowest BCUT2D eigenvalue weighted by atomic mass is 10.2. The first kappa shape index (κ1) is 13.1. The Labute approximate surface area is 112 Å². The lowest BCUT2D eigenvalue weighted by Crippen LogP contribution is -1.91. The van der Waals surface area contributed by atoms with E-state index >= 15 is 0 Å². The quantitative estimate of drug-likeness (QED) is 0.853. The number of aryl methyl sites for hydroxylation is 2. The smallest absolute Gasteiger partial charge is 0.0992 e. The van der Waals surface area contributed by atoms with E-state index in [1.54, 1.807) is 18.0 Å². The molecule has 0 fully saturated rings. The number of hydrogen-bond donors (Lipinski definition) is 1. The van der Waals surface area contributed by atoms with Crippen LogP contribution < -0.4 is 0 Å². The summed E-state index contributed by atoms with van der Waals surface area (Å²) >= 11 is 1.74. The number of aliphatic hydroxyl groups excluding tert-OH is 1. The van der Waals surface area contributed by atoms with Gasteiger partial charge in [-0.2, -0.15) is 0 Å². The van der Waals surface area contributed by atoms with Crippen molar-refractivity contribution in [2.45, 2.75) is 31.2 Å². The summed E-state index contributed by atoms with van der Waals surface area (Å²) < 4.78 is 0. The maximum absolute atomic E-state index is 9.04. The van der Waals surface area contributed by atoms with Gasteiger partial charge in [0.15, 0.2) is 0 Å². The zero-order valence-corrected chi connectivity index (χ0v) is 11.5. The molecule has 0 spiro atoms. The van der Waals surface area contributed by atoms with Crippen LogP contribution in [0.1, 0.15) is 22.3 Å². The van der Waals surface area contributed by atoms with Crippen molar-refractivity contribution in [2.75, 3.05) is 0 Å². The van der Waals surface area contributed by atoms with E-state index in [9.17, 15) is 0 Å². The molecule has 0 radical (unpaired) electrons. The van der Waals surface area contributed by atoms with Crippen LogP contribution in [-0.4, -0.2) is 10.1 Å². The Morgan fingerprint density at radius 1 is 1.17 bits per heavy atom. The molecular formula is C15H17NOS. The molecule has 0 saturated heterocycles. The predicted molar refractivity (Wildman–Crippen MR) is 75.6 cm³/mol. The van der Waals surface area contributed by atoms with E-state index in [-0.39, 0.29) is 6.61 Å². The Morgan fingerprint density at radius 2 is 2.00 bits per heavy atom. The van der Waals surface area contributed by atoms with Gasteiger partial charge in [-0.05, 0) is 36.6 Å². The van der Waals surface area contributed by atoms with Crippen LogP contribution in [-0.2, 0) is 12.4 Å². The number of rotatable bonds is 4. The summed E-state index contributed by atoms with van der Waals surface area (Å²) in [4.78, 5) is 4.39. The zero-order valence-electron chi connectivity index (χ0n) is 10.7. The fourth-order valence-electron chi connectivity index (χ4n) is 1.81. The highest BCUT2D eigenvalue weighted by Crippen LogP contribution is 2.24. The molecule has 3 heteroatoms. The molecule has 0 aliphatic rings. The van der Waals surface area contributed by atoms with E-state index in [1.165, 1.54) is 11.1 Å². The number of nitrogens with zero attached hydrogens (tertiary/aromatic N) is 1. The summed E-state index contributed by atoms with van der Waals surface area (Å²) in [5.41, 5.74) is 4.59. The Hall–Kier alpha value is -1.32. The summed E-state index contributed by atoms with van der Waals surface area (Å²) in [7, 11) is 0. The molecule has 2 rings (SSSR count). The van der Waals surface area contributed by atoms with Crippen LogP contribution >= 0.6 is 11.8 Å². The molecule has 18 heavy (non-hydrogen) atoms. The van der Waals surface area contributed by atoms with Crippen LogP contribution in [0.2, 0.25) is 0 Å². The molecule has 0 bridgehead atoms. The highest BCUT2D eigenvalue weighted by atomic mass is 32.2. The number of hydrogen-bond acceptors (Lipinski definition) is 3. The molecule has 1 N–H and O–H groups in total. The van der Waals surface area contributed by atoms with E-state index in [1.807, 2.05) is 13.0 Å². The minimum atomic E-state index is 0.0522. The molecule has 94 valence electrons. The van der Waals surface area contributed by atoms with Crippen molar-refractivity contribution in [1.29, 1.82) is 0 Å². The predicted octanol–water partition coefficient (Wildman–Crippen LogP) is 3.48. The highest BCUT2D eigenvalue weighted by Gasteiger charge is 2.03. The van der Waals surface area contributed by atoms with Crippen LogP contribution in [0.25, 0.3) is 0 Å². The second kappa shape index (κ2) is 6.03. The fourth-order valence-corrected chi connectivity index (χ4v) is 2.71. The van der Waals surface area contributed by atoms with E-state index in [2.05, 4.69) is 36.2 Å². The van der Waals surface area contributed by atoms with Crippen LogP contribution in [0.5, 0.6) is 0 Å². The Morgan fingerprint density at radius 3 is 2.67 bits per heavy atom. The first-order valence-corrected chi connectivity index (χ1v) is 6.92. The fraction of sp³-hybridized carbons (Fsp3) is 0.267. The van der Waals surface area contributed by atoms with Gasteiger partial charge in [-0.15, -0.1) is 11.8 Å². The maximum atomic E-state index is 9.04. The molecule has 0 atom stereocenters. The van der Waals surface area contributed by atoms with Gasteiger partial charge in [-0.25, -0.2) is 4.98 Å².